The third-order valence-corrected chi connectivity index (χ3v) is 6.50. The van der Waals surface area contributed by atoms with Crippen molar-refractivity contribution in [3.05, 3.63) is 95.6 Å². The maximum absolute atomic E-state index is 2.58. The summed E-state index contributed by atoms with van der Waals surface area (Å²) in [7, 11) is 0. The largest absolute Gasteiger partial charge is 0.0844 e. The van der Waals surface area contributed by atoms with Gasteiger partial charge in [-0.05, 0) is 54.1 Å². The molecule has 0 nitrogen and oxygen atoms in total. The Hall–Kier alpha value is -2.08. The molecule has 4 aliphatic rings. The third kappa shape index (κ3) is 2.20. The van der Waals surface area contributed by atoms with Crippen LogP contribution in [0.25, 0.3) is 0 Å². The van der Waals surface area contributed by atoms with Gasteiger partial charge >= 0.3 is 0 Å². The van der Waals surface area contributed by atoms with Gasteiger partial charge in [0.05, 0.1) is 0 Å². The minimum Gasteiger partial charge on any atom is -0.0844 e. The highest BCUT2D eigenvalue weighted by Crippen LogP contribution is 2.58. The Bertz CT molecular complexity index is 768. The lowest BCUT2D eigenvalue weighted by Gasteiger charge is -2.50. The summed E-state index contributed by atoms with van der Waals surface area (Å²) in [6.45, 7) is 0. The lowest BCUT2D eigenvalue weighted by atomic mass is 9.54. The SMILES string of the molecule is C1=C[C@H]2C3=CCC[C@H](c4ccccc4)[C@H]3[C@@H]1C[C@@H]2c1ccccc1. The van der Waals surface area contributed by atoms with E-state index in [0.717, 1.165) is 5.92 Å². The van der Waals surface area contributed by atoms with Crippen LogP contribution in [0.15, 0.2) is 84.5 Å². The normalized spacial score (nSPS) is 33.8. The minimum atomic E-state index is 0.619. The Morgan fingerprint density at radius 1 is 0.708 bits per heavy atom. The second-order valence-electron chi connectivity index (χ2n) is 7.65. The van der Waals surface area contributed by atoms with E-state index in [1.54, 1.807) is 11.1 Å². The summed E-state index contributed by atoms with van der Waals surface area (Å²) in [6.07, 6.45) is 11.5. The summed E-state index contributed by atoms with van der Waals surface area (Å²) in [5.41, 5.74) is 4.81. The molecule has 0 spiro atoms. The zero-order chi connectivity index (χ0) is 15.9. The van der Waals surface area contributed by atoms with Crippen LogP contribution in [-0.2, 0) is 0 Å². The van der Waals surface area contributed by atoms with Gasteiger partial charge in [0.15, 0.2) is 0 Å². The van der Waals surface area contributed by atoms with E-state index in [1.807, 2.05) is 0 Å². The van der Waals surface area contributed by atoms with Crippen molar-refractivity contribution in [3.8, 4) is 0 Å². The Kier molecular flexibility index (Phi) is 3.43. The van der Waals surface area contributed by atoms with Crippen LogP contribution in [0.4, 0.5) is 0 Å². The van der Waals surface area contributed by atoms with E-state index < -0.39 is 0 Å². The molecular formula is C24H24. The average Bonchev–Trinajstić information content (AvgIpc) is 2.69. The van der Waals surface area contributed by atoms with Crippen LogP contribution >= 0.6 is 0 Å². The van der Waals surface area contributed by atoms with Crippen molar-refractivity contribution in [1.82, 2.24) is 0 Å². The van der Waals surface area contributed by atoms with E-state index in [2.05, 4.69) is 78.9 Å². The molecule has 4 aliphatic carbocycles. The lowest BCUT2D eigenvalue weighted by Crippen LogP contribution is -2.39. The zero-order valence-corrected chi connectivity index (χ0v) is 14.0. The van der Waals surface area contributed by atoms with Crippen molar-refractivity contribution < 1.29 is 0 Å². The minimum absolute atomic E-state index is 0.619. The number of benzene rings is 2. The van der Waals surface area contributed by atoms with E-state index >= 15 is 0 Å². The zero-order valence-electron chi connectivity index (χ0n) is 14.0. The number of allylic oxidation sites excluding steroid dienone is 4. The van der Waals surface area contributed by atoms with Crippen LogP contribution in [0.2, 0.25) is 0 Å². The molecule has 2 bridgehead atoms. The molecule has 0 aliphatic heterocycles. The van der Waals surface area contributed by atoms with Gasteiger partial charge in [0.1, 0.15) is 0 Å². The second-order valence-corrected chi connectivity index (χ2v) is 7.65. The predicted molar refractivity (Wildman–Crippen MR) is 99.9 cm³/mol. The van der Waals surface area contributed by atoms with Crippen LogP contribution < -0.4 is 0 Å². The highest BCUT2D eigenvalue weighted by Gasteiger charge is 2.46. The number of hydrogen-bond acceptors (Lipinski definition) is 0. The molecule has 0 aromatic heterocycles. The lowest BCUT2D eigenvalue weighted by molar-refractivity contribution is 0.222. The predicted octanol–water partition coefficient (Wildman–Crippen LogP) is 6.10. The molecule has 24 heavy (non-hydrogen) atoms. The standard InChI is InChI=1S/C24H24/c1-3-8-17(9-4-1)20-12-7-13-22-21-15-14-19(24(20)22)16-23(21)18-10-5-2-6-11-18/h1-6,8-11,13-15,19-21,23-24H,7,12,16H2/t19-,20+,21-,23+,24+/m0/s1. The molecule has 0 unspecified atom stereocenters. The molecule has 0 saturated heterocycles. The van der Waals surface area contributed by atoms with Crippen LogP contribution in [0, 0.1) is 17.8 Å². The Balaban J connectivity index is 1.52. The molecular weight excluding hydrogens is 288 g/mol. The van der Waals surface area contributed by atoms with Gasteiger partial charge in [0.2, 0.25) is 0 Å². The van der Waals surface area contributed by atoms with Gasteiger partial charge in [-0.25, -0.2) is 0 Å². The molecule has 0 radical (unpaired) electrons. The van der Waals surface area contributed by atoms with Crippen molar-refractivity contribution in [2.24, 2.45) is 17.8 Å². The monoisotopic (exact) mass is 312 g/mol. The van der Waals surface area contributed by atoms with Crippen molar-refractivity contribution >= 4 is 0 Å². The highest BCUT2D eigenvalue weighted by atomic mass is 14.5. The molecule has 2 aromatic rings. The molecule has 1 saturated carbocycles. The van der Waals surface area contributed by atoms with E-state index in [-0.39, 0.29) is 0 Å². The van der Waals surface area contributed by atoms with Crippen molar-refractivity contribution in [2.45, 2.75) is 31.1 Å². The highest BCUT2D eigenvalue weighted by molar-refractivity contribution is 5.40. The van der Waals surface area contributed by atoms with Gasteiger partial charge in [-0.15, -0.1) is 0 Å². The smallest absolute Gasteiger partial charge is 0.00490 e. The van der Waals surface area contributed by atoms with E-state index in [0.29, 0.717) is 23.7 Å². The number of hydrogen-bond donors (Lipinski definition) is 0. The summed E-state index contributed by atoms with van der Waals surface area (Å²) >= 11 is 0. The quantitative estimate of drug-likeness (QED) is 0.588. The van der Waals surface area contributed by atoms with E-state index in [4.69, 9.17) is 0 Å². The first kappa shape index (κ1) is 14.3. The second kappa shape index (κ2) is 5.77. The van der Waals surface area contributed by atoms with E-state index in [9.17, 15) is 0 Å². The van der Waals surface area contributed by atoms with Crippen molar-refractivity contribution in [3.63, 3.8) is 0 Å². The van der Waals surface area contributed by atoms with Gasteiger partial charge in [0.25, 0.3) is 0 Å². The summed E-state index contributed by atoms with van der Waals surface area (Å²) < 4.78 is 0. The summed E-state index contributed by atoms with van der Waals surface area (Å²) in [5, 5.41) is 0. The molecule has 1 fully saturated rings. The van der Waals surface area contributed by atoms with Crippen LogP contribution in [-0.4, -0.2) is 0 Å². The van der Waals surface area contributed by atoms with E-state index in [1.165, 1.54) is 24.8 Å². The molecule has 0 heteroatoms. The first-order chi connectivity index (χ1) is 11.9. The van der Waals surface area contributed by atoms with Gasteiger partial charge < -0.3 is 0 Å². The van der Waals surface area contributed by atoms with Crippen LogP contribution in [0.1, 0.15) is 42.2 Å². The first-order valence-electron chi connectivity index (χ1n) is 9.40. The number of rotatable bonds is 2. The van der Waals surface area contributed by atoms with Crippen LogP contribution in [0.3, 0.4) is 0 Å². The summed E-state index contributed by atoms with van der Waals surface area (Å²) in [6, 6.07) is 22.4. The third-order valence-electron chi connectivity index (χ3n) is 6.50. The fourth-order valence-electron chi connectivity index (χ4n) is 5.52. The van der Waals surface area contributed by atoms with Gasteiger partial charge in [0, 0.05) is 5.92 Å². The maximum atomic E-state index is 2.58. The summed E-state index contributed by atoms with van der Waals surface area (Å²) in [5.74, 6) is 3.44. The number of fused-ring (bicyclic) bond motifs is 1. The Morgan fingerprint density at radius 3 is 2.08 bits per heavy atom. The van der Waals surface area contributed by atoms with Gasteiger partial charge in [-0.1, -0.05) is 84.5 Å². The molecule has 6 rings (SSSR count). The first-order valence-corrected chi connectivity index (χ1v) is 9.40. The van der Waals surface area contributed by atoms with Crippen molar-refractivity contribution in [2.75, 3.05) is 0 Å². The van der Waals surface area contributed by atoms with Crippen LogP contribution in [0.5, 0.6) is 0 Å². The topological polar surface area (TPSA) is 0 Å². The summed E-state index contributed by atoms with van der Waals surface area (Å²) in [4.78, 5) is 0. The maximum Gasteiger partial charge on any atom is 0.00490 e. The molecule has 0 heterocycles. The molecule has 0 amide bonds. The fourth-order valence-corrected chi connectivity index (χ4v) is 5.52. The van der Waals surface area contributed by atoms with Gasteiger partial charge in [-0.3, -0.25) is 0 Å². The molecule has 2 aromatic carbocycles. The molecule has 120 valence electrons. The average molecular weight is 312 g/mol. The fraction of sp³-hybridized carbons (Fsp3) is 0.333. The Morgan fingerprint density at radius 2 is 1.38 bits per heavy atom. The van der Waals surface area contributed by atoms with Gasteiger partial charge in [-0.2, -0.15) is 0 Å². The Labute approximate surface area is 144 Å². The molecule has 5 atom stereocenters. The molecule has 0 N–H and O–H groups in total. The van der Waals surface area contributed by atoms with Crippen molar-refractivity contribution in [1.29, 1.82) is 0 Å².